The molecule has 0 fully saturated rings. The number of rotatable bonds is 13. The fourth-order valence-corrected chi connectivity index (χ4v) is 6.64. The van der Waals surface area contributed by atoms with E-state index in [9.17, 15) is 22.4 Å². The molecule has 2 atom stereocenters. The molecule has 10 heteroatoms. The lowest BCUT2D eigenvalue weighted by molar-refractivity contribution is -0.140. The molecule has 236 valence electrons. The zero-order chi connectivity index (χ0) is 32.6. The van der Waals surface area contributed by atoms with Crippen molar-refractivity contribution in [2.24, 2.45) is 0 Å². The number of amides is 2. The Morgan fingerprint density at radius 2 is 1.51 bits per heavy atom. The number of nitrogens with one attached hydrogen (secondary N) is 1. The molecule has 0 spiro atoms. The molecule has 0 aliphatic rings. The Hall–Kier alpha value is -4.21. The largest absolute Gasteiger partial charge is 0.352 e. The first-order valence-corrected chi connectivity index (χ1v) is 16.5. The van der Waals surface area contributed by atoms with Crippen molar-refractivity contribution in [2.75, 3.05) is 10.8 Å². The Morgan fingerprint density at radius 1 is 0.889 bits per heavy atom. The van der Waals surface area contributed by atoms with E-state index >= 15 is 0 Å². The van der Waals surface area contributed by atoms with E-state index in [1.54, 1.807) is 55.5 Å². The minimum Gasteiger partial charge on any atom is -0.352 e. The molecule has 0 radical (unpaired) electrons. The topological polar surface area (TPSA) is 86.8 Å². The Bertz CT molecular complexity index is 1700. The van der Waals surface area contributed by atoms with Crippen LogP contribution in [-0.2, 0) is 32.6 Å². The van der Waals surface area contributed by atoms with E-state index in [0.29, 0.717) is 22.6 Å². The highest BCUT2D eigenvalue weighted by Gasteiger charge is 2.35. The number of hydrogen-bond acceptors (Lipinski definition) is 4. The van der Waals surface area contributed by atoms with E-state index in [-0.39, 0.29) is 35.5 Å². The van der Waals surface area contributed by atoms with Crippen molar-refractivity contribution < 1.29 is 22.4 Å². The molecule has 4 aromatic carbocycles. The van der Waals surface area contributed by atoms with Crippen LogP contribution in [0.15, 0.2) is 108 Å². The summed E-state index contributed by atoms with van der Waals surface area (Å²) in [7, 11) is -4.23. The van der Waals surface area contributed by atoms with Crippen molar-refractivity contribution in [1.29, 1.82) is 0 Å². The van der Waals surface area contributed by atoms with Crippen molar-refractivity contribution in [3.8, 4) is 0 Å². The van der Waals surface area contributed by atoms with Gasteiger partial charge in [0.1, 0.15) is 18.4 Å². The van der Waals surface area contributed by atoms with Crippen molar-refractivity contribution >= 4 is 39.1 Å². The molecule has 0 aromatic heterocycles. The Labute approximate surface area is 269 Å². The van der Waals surface area contributed by atoms with E-state index < -0.39 is 34.3 Å². The van der Waals surface area contributed by atoms with Crippen molar-refractivity contribution in [2.45, 2.75) is 57.1 Å². The van der Waals surface area contributed by atoms with Gasteiger partial charge in [-0.05, 0) is 79.4 Å². The highest BCUT2D eigenvalue weighted by Crippen LogP contribution is 2.29. The maximum absolute atomic E-state index is 14.5. The van der Waals surface area contributed by atoms with Crippen LogP contribution in [0.1, 0.15) is 37.0 Å². The van der Waals surface area contributed by atoms with Gasteiger partial charge in [0.05, 0.1) is 10.6 Å². The lowest BCUT2D eigenvalue weighted by Gasteiger charge is -2.34. The first-order valence-electron chi connectivity index (χ1n) is 14.7. The average molecular weight is 650 g/mol. The molecule has 0 saturated heterocycles. The zero-order valence-electron chi connectivity index (χ0n) is 25.5. The summed E-state index contributed by atoms with van der Waals surface area (Å²) in [6.45, 7) is 4.89. The molecule has 7 nitrogen and oxygen atoms in total. The van der Waals surface area contributed by atoms with E-state index in [2.05, 4.69) is 5.32 Å². The average Bonchev–Trinajstić information content (AvgIpc) is 3.03. The van der Waals surface area contributed by atoms with Gasteiger partial charge in [-0.25, -0.2) is 12.8 Å². The summed E-state index contributed by atoms with van der Waals surface area (Å²) in [5.41, 5.74) is 2.23. The summed E-state index contributed by atoms with van der Waals surface area (Å²) in [6, 6.07) is 26.4. The van der Waals surface area contributed by atoms with Crippen molar-refractivity contribution in [1.82, 2.24) is 10.2 Å². The summed E-state index contributed by atoms with van der Waals surface area (Å²) in [5.74, 6) is -1.41. The van der Waals surface area contributed by atoms with Crippen LogP contribution in [0.2, 0.25) is 5.02 Å². The van der Waals surface area contributed by atoms with Crippen LogP contribution in [-0.4, -0.2) is 43.8 Å². The second-order valence-corrected chi connectivity index (χ2v) is 13.2. The van der Waals surface area contributed by atoms with Gasteiger partial charge in [0.15, 0.2) is 0 Å². The predicted molar refractivity (Wildman–Crippen MR) is 176 cm³/mol. The fraction of sp³-hybridized carbons (Fsp3) is 0.257. The molecule has 45 heavy (non-hydrogen) atoms. The van der Waals surface area contributed by atoms with Gasteiger partial charge in [0.2, 0.25) is 11.8 Å². The predicted octanol–water partition coefficient (Wildman–Crippen LogP) is 6.54. The van der Waals surface area contributed by atoms with E-state index in [1.807, 2.05) is 44.2 Å². The fourth-order valence-electron chi connectivity index (χ4n) is 4.91. The molecule has 2 amide bonds. The summed E-state index contributed by atoms with van der Waals surface area (Å²) in [5, 5.41) is 3.42. The van der Waals surface area contributed by atoms with Crippen LogP contribution >= 0.6 is 11.6 Å². The van der Waals surface area contributed by atoms with E-state index in [0.717, 1.165) is 9.87 Å². The van der Waals surface area contributed by atoms with Crippen molar-refractivity contribution in [3.63, 3.8) is 0 Å². The van der Waals surface area contributed by atoms with Gasteiger partial charge < -0.3 is 10.2 Å². The number of sulfonamides is 1. The Balaban J connectivity index is 1.82. The van der Waals surface area contributed by atoms with Crippen LogP contribution in [0.25, 0.3) is 0 Å². The smallest absolute Gasteiger partial charge is 0.264 e. The summed E-state index contributed by atoms with van der Waals surface area (Å²) in [6.07, 6.45) is 0.857. The van der Waals surface area contributed by atoms with Crippen LogP contribution in [0.4, 0.5) is 10.1 Å². The van der Waals surface area contributed by atoms with Crippen molar-refractivity contribution in [3.05, 3.63) is 131 Å². The summed E-state index contributed by atoms with van der Waals surface area (Å²) in [4.78, 5) is 29.7. The second-order valence-electron chi connectivity index (χ2n) is 10.9. The molecule has 4 rings (SSSR count). The molecule has 0 bridgehead atoms. The number of anilines is 1. The molecule has 0 unspecified atom stereocenters. The maximum Gasteiger partial charge on any atom is 0.264 e. The van der Waals surface area contributed by atoms with Crippen LogP contribution < -0.4 is 9.62 Å². The molecule has 4 aromatic rings. The zero-order valence-corrected chi connectivity index (χ0v) is 27.1. The first-order chi connectivity index (χ1) is 21.5. The molecule has 0 heterocycles. The Kier molecular flexibility index (Phi) is 11.4. The van der Waals surface area contributed by atoms with Gasteiger partial charge in [-0.3, -0.25) is 13.9 Å². The highest BCUT2D eigenvalue weighted by molar-refractivity contribution is 7.92. The lowest BCUT2D eigenvalue weighted by Crippen LogP contribution is -2.54. The summed E-state index contributed by atoms with van der Waals surface area (Å²) < 4.78 is 43.1. The number of carbonyl (C=O) groups is 2. The van der Waals surface area contributed by atoms with Gasteiger partial charge in [0, 0.05) is 24.0 Å². The molecular formula is C35H37ClFN3O4S. The molecular weight excluding hydrogens is 613 g/mol. The van der Waals surface area contributed by atoms with Crippen LogP contribution in [0.5, 0.6) is 0 Å². The third-order valence-corrected chi connectivity index (χ3v) is 9.58. The SMILES string of the molecule is CC[C@@H](C)NC(=O)[C@H](Cc1ccccc1)N(Cc1ccc(F)cc1)C(=O)CN(c1ccc(Cl)cc1C)S(=O)(=O)c1ccccc1. The van der Waals surface area contributed by atoms with E-state index in [4.69, 9.17) is 11.6 Å². The maximum atomic E-state index is 14.5. The summed E-state index contributed by atoms with van der Waals surface area (Å²) >= 11 is 6.20. The van der Waals surface area contributed by atoms with Crippen LogP contribution in [0, 0.1) is 12.7 Å². The lowest BCUT2D eigenvalue weighted by atomic mass is 10.0. The van der Waals surface area contributed by atoms with E-state index in [1.165, 1.54) is 29.2 Å². The van der Waals surface area contributed by atoms with Gasteiger partial charge in [-0.2, -0.15) is 0 Å². The molecule has 1 N–H and O–H groups in total. The number of aryl methyl sites for hydroxylation is 1. The number of benzene rings is 4. The third-order valence-electron chi connectivity index (χ3n) is 7.58. The monoisotopic (exact) mass is 649 g/mol. The molecule has 0 aliphatic carbocycles. The minimum absolute atomic E-state index is 0.00702. The number of nitrogens with zero attached hydrogens (tertiary/aromatic N) is 2. The number of hydrogen-bond donors (Lipinski definition) is 1. The van der Waals surface area contributed by atoms with Gasteiger partial charge in [-0.15, -0.1) is 0 Å². The first kappa shape index (κ1) is 33.7. The number of carbonyl (C=O) groups excluding carboxylic acids is 2. The van der Waals surface area contributed by atoms with Gasteiger partial charge in [0.25, 0.3) is 10.0 Å². The van der Waals surface area contributed by atoms with Gasteiger partial charge in [-0.1, -0.05) is 79.2 Å². The Morgan fingerprint density at radius 3 is 2.11 bits per heavy atom. The standard InChI is InChI=1S/C35H37ClFN3O4S/c1-4-26(3)38-35(42)33(22-27-11-7-5-8-12-27)39(23-28-15-18-30(37)19-16-28)34(41)24-40(32-20-17-29(36)21-25(32)2)45(43,44)31-13-9-6-10-14-31/h5-21,26,33H,4,22-24H2,1-3H3,(H,38,42)/t26-,33+/m1/s1. The normalized spacial score (nSPS) is 12.6. The minimum atomic E-state index is -4.23. The number of halogens is 2. The molecule has 0 saturated carbocycles. The van der Waals surface area contributed by atoms with Gasteiger partial charge >= 0.3 is 0 Å². The highest BCUT2D eigenvalue weighted by atomic mass is 35.5. The quantitative estimate of drug-likeness (QED) is 0.178. The third kappa shape index (κ3) is 8.71. The molecule has 0 aliphatic heterocycles. The van der Waals surface area contributed by atoms with Crippen LogP contribution in [0.3, 0.4) is 0 Å². The second kappa shape index (κ2) is 15.2.